The average molecular weight is 374 g/mol. The molecule has 1 aromatic heterocycles. The van der Waals surface area contributed by atoms with E-state index in [1.165, 1.54) is 18.2 Å². The molecule has 3 unspecified atom stereocenters. The number of benzene rings is 1. The summed E-state index contributed by atoms with van der Waals surface area (Å²) in [6, 6.07) is 9.82. The van der Waals surface area contributed by atoms with Crippen molar-refractivity contribution in [1.82, 2.24) is 15.2 Å². The molecule has 140 valence electrons. The second kappa shape index (κ2) is 8.71. The molecule has 3 rings (SSSR count). The van der Waals surface area contributed by atoms with Crippen molar-refractivity contribution in [1.29, 1.82) is 0 Å². The molecule has 26 heavy (non-hydrogen) atoms. The number of ether oxygens (including phenoxy) is 1. The zero-order valence-corrected chi connectivity index (χ0v) is 16.5. The molecule has 1 aliphatic rings. The van der Waals surface area contributed by atoms with Crippen LogP contribution in [0.2, 0.25) is 0 Å². The lowest BCUT2D eigenvalue weighted by Gasteiger charge is -2.36. The monoisotopic (exact) mass is 373 g/mol. The highest BCUT2D eigenvalue weighted by Gasteiger charge is 2.33. The Labute approximate surface area is 159 Å². The van der Waals surface area contributed by atoms with Crippen LogP contribution in [0.25, 0.3) is 11.4 Å². The van der Waals surface area contributed by atoms with Gasteiger partial charge in [-0.25, -0.2) is 4.98 Å². The van der Waals surface area contributed by atoms with Crippen LogP contribution in [0.4, 0.5) is 0 Å². The third-order valence-corrected chi connectivity index (χ3v) is 5.90. The predicted octanol–water partition coefficient (Wildman–Crippen LogP) is 4.57. The number of esters is 1. The van der Waals surface area contributed by atoms with Crippen molar-refractivity contribution in [3.63, 3.8) is 0 Å². The van der Waals surface area contributed by atoms with Crippen molar-refractivity contribution in [3.8, 4) is 11.4 Å². The van der Waals surface area contributed by atoms with Gasteiger partial charge in [-0.2, -0.15) is 0 Å². The summed E-state index contributed by atoms with van der Waals surface area (Å²) in [7, 11) is 0. The van der Waals surface area contributed by atoms with Crippen LogP contribution in [-0.4, -0.2) is 33.0 Å². The number of carbonyl (C=O) groups is 1. The van der Waals surface area contributed by atoms with Crippen LogP contribution in [0.1, 0.15) is 40.0 Å². The van der Waals surface area contributed by atoms with Crippen LogP contribution < -0.4 is 0 Å². The van der Waals surface area contributed by atoms with E-state index in [4.69, 9.17) is 4.74 Å². The van der Waals surface area contributed by atoms with E-state index in [9.17, 15) is 4.79 Å². The zero-order chi connectivity index (χ0) is 18.5. The number of carbonyl (C=O) groups excluding carboxylic acids is 1. The molecule has 0 radical (unpaired) electrons. The normalized spacial score (nSPS) is 23.2. The number of H-pyrrole nitrogens is 1. The lowest BCUT2D eigenvalue weighted by molar-refractivity contribution is -0.152. The number of hydrogen-bond acceptors (Lipinski definition) is 5. The average Bonchev–Trinajstić information content (AvgIpc) is 3.09. The van der Waals surface area contributed by atoms with Crippen LogP contribution in [0, 0.1) is 17.8 Å². The Kier molecular flexibility index (Phi) is 6.35. The smallest absolute Gasteiger partial charge is 0.316 e. The summed E-state index contributed by atoms with van der Waals surface area (Å²) in [5, 5.41) is 7.67. The summed E-state index contributed by atoms with van der Waals surface area (Å²) in [5.41, 5.74) is 0.977. The molecule has 0 bridgehead atoms. The van der Waals surface area contributed by atoms with Gasteiger partial charge in [-0.05, 0) is 30.6 Å². The molecule has 1 heterocycles. The quantitative estimate of drug-likeness (QED) is 0.593. The van der Waals surface area contributed by atoms with E-state index >= 15 is 0 Å². The molecule has 1 saturated carbocycles. The van der Waals surface area contributed by atoms with Gasteiger partial charge in [0.15, 0.2) is 5.82 Å². The van der Waals surface area contributed by atoms with Crippen LogP contribution in [-0.2, 0) is 9.53 Å². The lowest BCUT2D eigenvalue weighted by Crippen LogP contribution is -2.36. The van der Waals surface area contributed by atoms with Gasteiger partial charge in [0.2, 0.25) is 5.16 Å². The Morgan fingerprint density at radius 3 is 2.81 bits per heavy atom. The first-order valence-corrected chi connectivity index (χ1v) is 10.3. The summed E-state index contributed by atoms with van der Waals surface area (Å²) < 4.78 is 5.82. The Balaban J connectivity index is 1.53. The first-order valence-electron chi connectivity index (χ1n) is 9.33. The molecular weight excluding hydrogens is 346 g/mol. The molecule has 0 amide bonds. The maximum absolute atomic E-state index is 12.3. The molecular formula is C20H27N3O2S. The molecule has 2 aromatic rings. The zero-order valence-electron chi connectivity index (χ0n) is 15.6. The van der Waals surface area contributed by atoms with Crippen LogP contribution in [0.15, 0.2) is 35.5 Å². The van der Waals surface area contributed by atoms with E-state index < -0.39 is 0 Å². The highest BCUT2D eigenvalue weighted by molar-refractivity contribution is 7.99. The SMILES string of the molecule is CC1CCC(C(C)C)C(OC(=O)CSc2n[nH]c(-c3ccccc3)n2)C1. The second-order valence-electron chi connectivity index (χ2n) is 7.48. The van der Waals surface area contributed by atoms with Gasteiger partial charge in [0.25, 0.3) is 0 Å². The molecule has 1 fully saturated rings. The molecule has 1 aromatic carbocycles. The number of aromatic amines is 1. The highest BCUT2D eigenvalue weighted by atomic mass is 32.2. The summed E-state index contributed by atoms with van der Waals surface area (Å²) in [5.74, 6) is 2.40. The van der Waals surface area contributed by atoms with Gasteiger partial charge < -0.3 is 4.74 Å². The van der Waals surface area contributed by atoms with Crippen molar-refractivity contribution in [3.05, 3.63) is 30.3 Å². The van der Waals surface area contributed by atoms with E-state index in [0.717, 1.165) is 18.4 Å². The number of rotatable bonds is 6. The van der Waals surface area contributed by atoms with E-state index in [1.807, 2.05) is 30.3 Å². The number of aromatic nitrogens is 3. The molecule has 0 spiro atoms. The molecule has 0 aliphatic heterocycles. The Morgan fingerprint density at radius 2 is 2.08 bits per heavy atom. The first kappa shape index (κ1) is 19.0. The molecule has 0 saturated heterocycles. The molecule has 1 N–H and O–H groups in total. The number of hydrogen-bond donors (Lipinski definition) is 1. The van der Waals surface area contributed by atoms with Crippen molar-refractivity contribution in [2.75, 3.05) is 5.75 Å². The minimum Gasteiger partial charge on any atom is -0.461 e. The second-order valence-corrected chi connectivity index (χ2v) is 8.42. The van der Waals surface area contributed by atoms with Crippen LogP contribution in [0.5, 0.6) is 0 Å². The summed E-state index contributed by atoms with van der Waals surface area (Å²) >= 11 is 1.32. The molecule has 5 nitrogen and oxygen atoms in total. The van der Waals surface area contributed by atoms with Crippen molar-refractivity contribution in [2.24, 2.45) is 17.8 Å². The Hall–Kier alpha value is -1.82. The van der Waals surface area contributed by atoms with E-state index in [-0.39, 0.29) is 17.8 Å². The highest BCUT2D eigenvalue weighted by Crippen LogP contribution is 2.35. The summed E-state index contributed by atoms with van der Waals surface area (Å²) in [6.07, 6.45) is 3.38. The van der Waals surface area contributed by atoms with Crippen LogP contribution >= 0.6 is 11.8 Å². The maximum atomic E-state index is 12.3. The standard InChI is InChI=1S/C20H27N3O2S/c1-13(2)16-10-9-14(3)11-17(16)25-18(24)12-26-20-21-19(22-23-20)15-7-5-4-6-8-15/h4-8,13-14,16-17H,9-12H2,1-3H3,(H,21,22,23). The topological polar surface area (TPSA) is 67.9 Å². The summed E-state index contributed by atoms with van der Waals surface area (Å²) in [4.78, 5) is 16.8. The van der Waals surface area contributed by atoms with Gasteiger partial charge in [0, 0.05) is 5.56 Å². The third kappa shape index (κ3) is 4.87. The van der Waals surface area contributed by atoms with E-state index in [1.54, 1.807) is 0 Å². The number of thioether (sulfide) groups is 1. The first-order chi connectivity index (χ1) is 12.5. The third-order valence-electron chi connectivity index (χ3n) is 5.08. The van der Waals surface area contributed by atoms with Gasteiger partial charge >= 0.3 is 5.97 Å². The Bertz CT molecular complexity index is 717. The minimum atomic E-state index is -0.175. The van der Waals surface area contributed by atoms with Gasteiger partial charge in [-0.15, -0.1) is 5.10 Å². The lowest BCUT2D eigenvalue weighted by atomic mass is 9.75. The van der Waals surface area contributed by atoms with Crippen LogP contribution in [0.3, 0.4) is 0 Å². The van der Waals surface area contributed by atoms with Gasteiger partial charge in [-0.1, -0.05) is 69.3 Å². The van der Waals surface area contributed by atoms with Crippen molar-refractivity contribution in [2.45, 2.75) is 51.3 Å². The number of nitrogens with one attached hydrogen (secondary N) is 1. The predicted molar refractivity (Wildman–Crippen MR) is 104 cm³/mol. The van der Waals surface area contributed by atoms with E-state index in [0.29, 0.717) is 28.7 Å². The fraction of sp³-hybridized carbons (Fsp3) is 0.550. The largest absolute Gasteiger partial charge is 0.461 e. The van der Waals surface area contributed by atoms with Crippen molar-refractivity contribution < 1.29 is 9.53 Å². The fourth-order valence-corrected chi connectivity index (χ4v) is 4.19. The fourth-order valence-electron chi connectivity index (χ4n) is 3.61. The van der Waals surface area contributed by atoms with Gasteiger partial charge in [0.05, 0.1) is 5.75 Å². The minimum absolute atomic E-state index is 0.0406. The molecule has 6 heteroatoms. The molecule has 3 atom stereocenters. The van der Waals surface area contributed by atoms with Crippen molar-refractivity contribution >= 4 is 17.7 Å². The van der Waals surface area contributed by atoms with Gasteiger partial charge in [-0.3, -0.25) is 9.89 Å². The van der Waals surface area contributed by atoms with E-state index in [2.05, 4.69) is 36.0 Å². The number of nitrogens with zero attached hydrogens (tertiary/aromatic N) is 2. The summed E-state index contributed by atoms with van der Waals surface area (Å²) in [6.45, 7) is 6.68. The molecule has 1 aliphatic carbocycles. The van der Waals surface area contributed by atoms with Gasteiger partial charge in [0.1, 0.15) is 6.10 Å². The maximum Gasteiger partial charge on any atom is 0.316 e. The Morgan fingerprint density at radius 1 is 1.31 bits per heavy atom.